The zero-order chi connectivity index (χ0) is 10.4. The zero-order valence-electron chi connectivity index (χ0n) is 8.53. The molecule has 0 spiro atoms. The van der Waals surface area contributed by atoms with E-state index in [4.69, 9.17) is 5.73 Å². The van der Waals surface area contributed by atoms with Crippen molar-refractivity contribution >= 4 is 17.1 Å². The Morgan fingerprint density at radius 1 is 1.64 bits per heavy atom. The Balaban J connectivity index is 2.27. The molecule has 0 aliphatic heterocycles. The molecule has 2 N–H and O–H groups in total. The van der Waals surface area contributed by atoms with Crippen molar-refractivity contribution in [3.63, 3.8) is 0 Å². The van der Waals surface area contributed by atoms with E-state index in [1.807, 2.05) is 12.3 Å². The third kappa shape index (κ3) is 3.60. The van der Waals surface area contributed by atoms with E-state index in [2.05, 4.69) is 11.4 Å². The minimum Gasteiger partial charge on any atom is -0.330 e. The Bertz CT molecular complexity index is 269. The maximum absolute atomic E-state index is 11.6. The van der Waals surface area contributed by atoms with Crippen LogP contribution in [-0.4, -0.2) is 12.3 Å². The van der Waals surface area contributed by atoms with Crippen molar-refractivity contribution in [3.8, 4) is 0 Å². The summed E-state index contributed by atoms with van der Waals surface area (Å²) in [6.45, 7) is 2.56. The van der Waals surface area contributed by atoms with Crippen molar-refractivity contribution in [3.05, 3.63) is 22.4 Å². The van der Waals surface area contributed by atoms with Crippen LogP contribution in [0, 0.1) is 5.92 Å². The average molecular weight is 211 g/mol. The highest BCUT2D eigenvalue weighted by Gasteiger charge is 2.11. The molecular formula is C11H17NOS. The molecule has 1 atom stereocenters. The van der Waals surface area contributed by atoms with Gasteiger partial charge < -0.3 is 5.73 Å². The third-order valence-electron chi connectivity index (χ3n) is 2.39. The number of nitrogens with two attached hydrogens (primary N) is 1. The van der Waals surface area contributed by atoms with Crippen LogP contribution in [0.2, 0.25) is 0 Å². The van der Waals surface area contributed by atoms with Crippen LogP contribution in [-0.2, 0) is 11.2 Å². The molecule has 1 aromatic rings. The largest absolute Gasteiger partial charge is 0.330 e. The quantitative estimate of drug-likeness (QED) is 0.784. The SMILES string of the molecule is CC(CCN)C(=O)CCc1ccsc1. The highest BCUT2D eigenvalue weighted by molar-refractivity contribution is 7.07. The van der Waals surface area contributed by atoms with E-state index in [1.54, 1.807) is 11.3 Å². The second-order valence-electron chi connectivity index (χ2n) is 3.58. The lowest BCUT2D eigenvalue weighted by Gasteiger charge is -2.07. The van der Waals surface area contributed by atoms with E-state index in [-0.39, 0.29) is 5.92 Å². The Hall–Kier alpha value is -0.670. The van der Waals surface area contributed by atoms with Crippen molar-refractivity contribution in [2.75, 3.05) is 6.54 Å². The van der Waals surface area contributed by atoms with Crippen LogP contribution in [0.4, 0.5) is 0 Å². The summed E-state index contributed by atoms with van der Waals surface area (Å²) in [6, 6.07) is 2.07. The first-order chi connectivity index (χ1) is 6.74. The van der Waals surface area contributed by atoms with E-state index < -0.39 is 0 Å². The van der Waals surface area contributed by atoms with Crippen molar-refractivity contribution in [1.29, 1.82) is 0 Å². The summed E-state index contributed by atoms with van der Waals surface area (Å²) in [4.78, 5) is 11.6. The van der Waals surface area contributed by atoms with Crippen LogP contribution in [0.3, 0.4) is 0 Å². The first kappa shape index (κ1) is 11.4. The summed E-state index contributed by atoms with van der Waals surface area (Å²) >= 11 is 1.68. The molecule has 0 saturated carbocycles. The lowest BCUT2D eigenvalue weighted by atomic mass is 9.98. The van der Waals surface area contributed by atoms with Gasteiger partial charge in [-0.1, -0.05) is 6.92 Å². The molecule has 1 rings (SSSR count). The van der Waals surface area contributed by atoms with Gasteiger partial charge in [0.05, 0.1) is 0 Å². The van der Waals surface area contributed by atoms with E-state index in [0.29, 0.717) is 18.7 Å². The topological polar surface area (TPSA) is 43.1 Å². The van der Waals surface area contributed by atoms with Crippen LogP contribution in [0.5, 0.6) is 0 Å². The fraction of sp³-hybridized carbons (Fsp3) is 0.545. The molecule has 0 saturated heterocycles. The van der Waals surface area contributed by atoms with Crippen molar-refractivity contribution in [1.82, 2.24) is 0 Å². The fourth-order valence-electron chi connectivity index (χ4n) is 1.36. The number of Topliss-reactive ketones (excluding diaryl/α,β-unsaturated/α-hetero) is 1. The Kier molecular flexibility index (Phi) is 4.84. The number of aryl methyl sites for hydroxylation is 1. The summed E-state index contributed by atoms with van der Waals surface area (Å²) in [5.41, 5.74) is 6.67. The van der Waals surface area contributed by atoms with Gasteiger partial charge in [-0.15, -0.1) is 0 Å². The minimum absolute atomic E-state index is 0.124. The van der Waals surface area contributed by atoms with Gasteiger partial charge in [0.1, 0.15) is 5.78 Å². The molecular weight excluding hydrogens is 194 g/mol. The fourth-order valence-corrected chi connectivity index (χ4v) is 2.06. The van der Waals surface area contributed by atoms with Gasteiger partial charge in [-0.25, -0.2) is 0 Å². The van der Waals surface area contributed by atoms with Crippen LogP contribution in [0.1, 0.15) is 25.3 Å². The average Bonchev–Trinajstić information content (AvgIpc) is 2.67. The molecule has 0 fully saturated rings. The smallest absolute Gasteiger partial charge is 0.136 e. The van der Waals surface area contributed by atoms with Crippen LogP contribution in [0.15, 0.2) is 16.8 Å². The lowest BCUT2D eigenvalue weighted by Crippen LogP contribution is -2.15. The lowest BCUT2D eigenvalue weighted by molar-refractivity contribution is -0.122. The molecule has 0 bridgehead atoms. The number of hydrogen-bond acceptors (Lipinski definition) is 3. The van der Waals surface area contributed by atoms with E-state index in [1.165, 1.54) is 5.56 Å². The molecule has 14 heavy (non-hydrogen) atoms. The number of carbonyl (C=O) groups excluding carboxylic acids is 1. The van der Waals surface area contributed by atoms with Gasteiger partial charge in [-0.05, 0) is 41.8 Å². The predicted octanol–water partition coefficient (Wildman–Crippen LogP) is 2.23. The maximum Gasteiger partial charge on any atom is 0.136 e. The van der Waals surface area contributed by atoms with Crippen LogP contribution >= 0.6 is 11.3 Å². The molecule has 1 aromatic heterocycles. The zero-order valence-corrected chi connectivity index (χ0v) is 9.35. The number of ketones is 1. The number of carbonyl (C=O) groups is 1. The van der Waals surface area contributed by atoms with Gasteiger partial charge in [-0.2, -0.15) is 11.3 Å². The molecule has 0 aliphatic rings. The first-order valence-electron chi connectivity index (χ1n) is 4.98. The molecule has 2 nitrogen and oxygen atoms in total. The maximum atomic E-state index is 11.6. The molecule has 1 heterocycles. The second-order valence-corrected chi connectivity index (χ2v) is 4.36. The van der Waals surface area contributed by atoms with Crippen molar-refractivity contribution < 1.29 is 4.79 Å². The number of hydrogen-bond donors (Lipinski definition) is 1. The predicted molar refractivity (Wildman–Crippen MR) is 60.5 cm³/mol. The summed E-state index contributed by atoms with van der Waals surface area (Å²) in [6.07, 6.45) is 2.33. The van der Waals surface area contributed by atoms with Gasteiger partial charge in [-0.3, -0.25) is 4.79 Å². The second kappa shape index (κ2) is 5.94. The van der Waals surface area contributed by atoms with Gasteiger partial charge in [0, 0.05) is 12.3 Å². The van der Waals surface area contributed by atoms with Crippen LogP contribution < -0.4 is 5.73 Å². The normalized spacial score (nSPS) is 12.7. The summed E-state index contributed by atoms with van der Waals surface area (Å²) in [5.74, 6) is 0.459. The van der Waals surface area contributed by atoms with Gasteiger partial charge in [0.2, 0.25) is 0 Å². The highest BCUT2D eigenvalue weighted by Crippen LogP contribution is 2.12. The molecule has 0 aromatic carbocycles. The van der Waals surface area contributed by atoms with E-state index in [0.717, 1.165) is 12.8 Å². The standard InChI is InChI=1S/C11H17NOS/c1-9(4-6-12)11(13)3-2-10-5-7-14-8-10/h5,7-9H,2-4,6,12H2,1H3. The summed E-state index contributed by atoms with van der Waals surface area (Å²) < 4.78 is 0. The number of thiophene rings is 1. The van der Waals surface area contributed by atoms with Gasteiger partial charge in [0.25, 0.3) is 0 Å². The molecule has 3 heteroatoms. The summed E-state index contributed by atoms with van der Waals surface area (Å²) in [5, 5.41) is 4.14. The molecule has 0 amide bonds. The third-order valence-corrected chi connectivity index (χ3v) is 3.12. The van der Waals surface area contributed by atoms with Gasteiger partial charge in [0.15, 0.2) is 0 Å². The van der Waals surface area contributed by atoms with E-state index in [9.17, 15) is 4.79 Å². The van der Waals surface area contributed by atoms with E-state index >= 15 is 0 Å². The molecule has 0 aliphatic carbocycles. The van der Waals surface area contributed by atoms with Crippen molar-refractivity contribution in [2.24, 2.45) is 11.7 Å². The Morgan fingerprint density at radius 2 is 2.43 bits per heavy atom. The number of rotatable bonds is 6. The summed E-state index contributed by atoms with van der Waals surface area (Å²) in [7, 11) is 0. The first-order valence-corrected chi connectivity index (χ1v) is 5.92. The Labute approximate surface area is 89.1 Å². The molecule has 1 unspecified atom stereocenters. The molecule has 0 radical (unpaired) electrons. The Morgan fingerprint density at radius 3 is 3.00 bits per heavy atom. The highest BCUT2D eigenvalue weighted by atomic mass is 32.1. The van der Waals surface area contributed by atoms with Crippen molar-refractivity contribution in [2.45, 2.75) is 26.2 Å². The minimum atomic E-state index is 0.124. The van der Waals surface area contributed by atoms with Crippen LogP contribution in [0.25, 0.3) is 0 Å². The monoisotopic (exact) mass is 211 g/mol. The molecule has 78 valence electrons. The van der Waals surface area contributed by atoms with Gasteiger partial charge >= 0.3 is 0 Å².